The molecule has 3 aliphatic rings. The molecule has 0 spiro atoms. The van der Waals surface area contributed by atoms with Crippen molar-refractivity contribution in [2.45, 2.75) is 77.4 Å². The average Bonchev–Trinajstić information content (AvgIpc) is 3.18. The van der Waals surface area contributed by atoms with Gasteiger partial charge in [-0.2, -0.15) is 0 Å². The molecule has 2 amide bonds. The zero-order valence-corrected chi connectivity index (χ0v) is 20.1. The Balaban J connectivity index is 1.18. The number of nitrogens with zero attached hydrogens (tertiary/aromatic N) is 3. The fourth-order valence-electron chi connectivity index (χ4n) is 5.43. The van der Waals surface area contributed by atoms with Crippen LogP contribution in [0.1, 0.15) is 70.8 Å². The highest BCUT2D eigenvalue weighted by molar-refractivity contribution is 5.77. The maximum absolute atomic E-state index is 12.8. The van der Waals surface area contributed by atoms with Crippen molar-refractivity contribution >= 4 is 11.6 Å². The van der Waals surface area contributed by atoms with Crippen molar-refractivity contribution in [1.82, 2.24) is 14.7 Å². The molecule has 2 heterocycles. The summed E-state index contributed by atoms with van der Waals surface area (Å²) in [7, 11) is 0. The first kappa shape index (κ1) is 23.2. The van der Waals surface area contributed by atoms with E-state index in [1.54, 1.807) is 0 Å². The first-order valence-corrected chi connectivity index (χ1v) is 12.8. The lowest BCUT2D eigenvalue weighted by Crippen LogP contribution is -2.40. The van der Waals surface area contributed by atoms with E-state index in [9.17, 15) is 4.79 Å². The number of unbranched alkanes of at least 4 members (excludes halogenated alkanes) is 1. The van der Waals surface area contributed by atoms with Crippen molar-refractivity contribution in [1.29, 1.82) is 0 Å². The molecule has 32 heavy (non-hydrogen) atoms. The second-order valence-electron chi connectivity index (χ2n) is 9.90. The standard InChI is InChI=1S/C27H41N3O2/c1-22(2)32-26-13-7-6-12-25(26)23-14-18-28(19-15-23)16-8-9-17-29-20-21-30(27(29)31)24-10-4-3-5-11-24/h6-7,12-14,22,24H,3-5,8-11,15-21H2,1-2H3. The van der Waals surface area contributed by atoms with Gasteiger partial charge < -0.3 is 14.5 Å². The van der Waals surface area contributed by atoms with E-state index in [0.717, 1.165) is 64.3 Å². The van der Waals surface area contributed by atoms with E-state index in [1.807, 2.05) is 0 Å². The third-order valence-electron chi connectivity index (χ3n) is 7.18. The molecule has 0 radical (unpaired) electrons. The maximum Gasteiger partial charge on any atom is 0.320 e. The lowest BCUT2D eigenvalue weighted by molar-refractivity contribution is 0.162. The van der Waals surface area contributed by atoms with Crippen molar-refractivity contribution in [3.8, 4) is 5.75 Å². The van der Waals surface area contributed by atoms with E-state index in [1.165, 1.54) is 43.2 Å². The summed E-state index contributed by atoms with van der Waals surface area (Å²) in [5.41, 5.74) is 2.65. The van der Waals surface area contributed by atoms with Crippen LogP contribution < -0.4 is 4.74 Å². The molecule has 5 heteroatoms. The van der Waals surface area contributed by atoms with Crippen LogP contribution in [-0.4, -0.2) is 72.1 Å². The molecule has 0 atom stereocenters. The van der Waals surface area contributed by atoms with Crippen LogP contribution >= 0.6 is 0 Å². The van der Waals surface area contributed by atoms with Gasteiger partial charge in [0, 0.05) is 44.3 Å². The Morgan fingerprint density at radius 1 is 1.00 bits per heavy atom. The van der Waals surface area contributed by atoms with Crippen molar-refractivity contribution in [3.05, 3.63) is 35.9 Å². The second-order valence-corrected chi connectivity index (χ2v) is 9.90. The molecule has 0 bridgehead atoms. The van der Waals surface area contributed by atoms with Crippen LogP contribution in [0, 0.1) is 0 Å². The van der Waals surface area contributed by atoms with Crippen LogP contribution in [-0.2, 0) is 0 Å². The average molecular weight is 440 g/mol. The molecule has 4 rings (SSSR count). The van der Waals surface area contributed by atoms with E-state index >= 15 is 0 Å². The van der Waals surface area contributed by atoms with Gasteiger partial charge in [0.05, 0.1) is 6.10 Å². The van der Waals surface area contributed by atoms with Gasteiger partial charge in [-0.25, -0.2) is 4.79 Å². The van der Waals surface area contributed by atoms with Gasteiger partial charge in [-0.05, 0) is 64.1 Å². The third kappa shape index (κ3) is 5.86. The second kappa shape index (κ2) is 11.2. The molecular weight excluding hydrogens is 398 g/mol. The van der Waals surface area contributed by atoms with Crippen LogP contribution in [0.3, 0.4) is 0 Å². The predicted molar refractivity (Wildman–Crippen MR) is 131 cm³/mol. The minimum atomic E-state index is 0.189. The summed E-state index contributed by atoms with van der Waals surface area (Å²) in [5.74, 6) is 1.000. The van der Waals surface area contributed by atoms with Crippen molar-refractivity contribution in [2.75, 3.05) is 39.3 Å². The first-order valence-electron chi connectivity index (χ1n) is 12.8. The molecule has 1 saturated carbocycles. The third-order valence-corrected chi connectivity index (χ3v) is 7.18. The van der Waals surface area contributed by atoms with Crippen LogP contribution in [0.5, 0.6) is 5.75 Å². The highest BCUT2D eigenvalue weighted by Crippen LogP contribution is 2.31. The number of rotatable bonds is 9. The van der Waals surface area contributed by atoms with Gasteiger partial charge in [-0.1, -0.05) is 43.5 Å². The number of ether oxygens (including phenoxy) is 1. The lowest BCUT2D eigenvalue weighted by Gasteiger charge is -2.31. The molecule has 1 aromatic carbocycles. The quantitative estimate of drug-likeness (QED) is 0.483. The fraction of sp³-hybridized carbons (Fsp3) is 0.667. The normalized spacial score (nSPS) is 20.8. The number of carbonyl (C=O) groups is 1. The summed E-state index contributed by atoms with van der Waals surface area (Å²) < 4.78 is 6.02. The van der Waals surface area contributed by atoms with Gasteiger partial charge in [0.1, 0.15) is 5.75 Å². The highest BCUT2D eigenvalue weighted by Gasteiger charge is 2.33. The number of hydrogen-bond donors (Lipinski definition) is 0. The molecule has 2 aliphatic heterocycles. The molecule has 2 fully saturated rings. The number of benzene rings is 1. The van der Waals surface area contributed by atoms with Crippen LogP contribution in [0.4, 0.5) is 4.79 Å². The van der Waals surface area contributed by atoms with E-state index in [4.69, 9.17) is 4.74 Å². The Morgan fingerprint density at radius 2 is 1.78 bits per heavy atom. The summed E-state index contributed by atoms with van der Waals surface area (Å²) in [4.78, 5) is 19.6. The Morgan fingerprint density at radius 3 is 2.53 bits per heavy atom. The molecule has 0 aromatic heterocycles. The van der Waals surface area contributed by atoms with E-state index in [-0.39, 0.29) is 6.10 Å². The minimum Gasteiger partial charge on any atom is -0.490 e. The first-order chi connectivity index (χ1) is 15.6. The van der Waals surface area contributed by atoms with Crippen molar-refractivity contribution in [2.24, 2.45) is 0 Å². The zero-order chi connectivity index (χ0) is 22.3. The largest absolute Gasteiger partial charge is 0.490 e. The number of para-hydroxylation sites is 1. The summed E-state index contributed by atoms with van der Waals surface area (Å²) in [6.07, 6.45) is 12.2. The summed E-state index contributed by atoms with van der Waals surface area (Å²) >= 11 is 0. The Labute approximate surface area is 194 Å². The summed E-state index contributed by atoms with van der Waals surface area (Å²) in [5, 5.41) is 0. The smallest absolute Gasteiger partial charge is 0.320 e. The SMILES string of the molecule is CC(C)Oc1ccccc1C1=CCN(CCCCN2CCN(C3CCCCC3)C2=O)CC1. The van der Waals surface area contributed by atoms with E-state index in [0.29, 0.717) is 12.1 Å². The highest BCUT2D eigenvalue weighted by atomic mass is 16.5. The zero-order valence-electron chi connectivity index (χ0n) is 20.1. The van der Waals surface area contributed by atoms with E-state index in [2.05, 4.69) is 58.9 Å². The Kier molecular flexibility index (Phi) is 8.12. The molecule has 0 unspecified atom stereocenters. The van der Waals surface area contributed by atoms with Crippen LogP contribution in [0.25, 0.3) is 5.57 Å². The lowest BCUT2D eigenvalue weighted by atomic mass is 9.94. The van der Waals surface area contributed by atoms with Gasteiger partial charge in [0.15, 0.2) is 0 Å². The maximum atomic E-state index is 12.8. The fourth-order valence-corrected chi connectivity index (χ4v) is 5.43. The monoisotopic (exact) mass is 439 g/mol. The van der Waals surface area contributed by atoms with Gasteiger partial charge >= 0.3 is 6.03 Å². The Hall–Kier alpha value is -2.01. The van der Waals surface area contributed by atoms with Crippen LogP contribution in [0.2, 0.25) is 0 Å². The number of amides is 2. The van der Waals surface area contributed by atoms with Crippen molar-refractivity contribution < 1.29 is 9.53 Å². The number of urea groups is 1. The summed E-state index contributed by atoms with van der Waals surface area (Å²) in [6, 6.07) is 9.22. The molecule has 0 N–H and O–H groups in total. The number of carbonyl (C=O) groups excluding carboxylic acids is 1. The molecular formula is C27H41N3O2. The Bertz CT molecular complexity index is 785. The molecule has 5 nitrogen and oxygen atoms in total. The van der Waals surface area contributed by atoms with E-state index < -0.39 is 0 Å². The molecule has 176 valence electrons. The number of hydrogen-bond acceptors (Lipinski definition) is 3. The summed E-state index contributed by atoms with van der Waals surface area (Å²) in [6.45, 7) is 10.1. The molecule has 1 aliphatic carbocycles. The topological polar surface area (TPSA) is 36.0 Å². The van der Waals surface area contributed by atoms with Gasteiger partial charge in [-0.15, -0.1) is 0 Å². The predicted octanol–water partition coefficient (Wildman–Crippen LogP) is 5.41. The molecule has 1 saturated heterocycles. The van der Waals surface area contributed by atoms with Crippen molar-refractivity contribution in [3.63, 3.8) is 0 Å². The minimum absolute atomic E-state index is 0.189. The van der Waals surface area contributed by atoms with Gasteiger partial charge in [0.25, 0.3) is 0 Å². The van der Waals surface area contributed by atoms with Gasteiger partial charge in [0.2, 0.25) is 0 Å². The molecule has 1 aromatic rings. The van der Waals surface area contributed by atoms with Crippen LogP contribution in [0.15, 0.2) is 30.3 Å². The van der Waals surface area contributed by atoms with Gasteiger partial charge in [-0.3, -0.25) is 4.90 Å².